The fraction of sp³-hybridized carbons (Fsp3) is 0.533. The molecule has 4 nitrogen and oxygen atoms in total. The SMILES string of the molecule is CCC(OC)C(=O)N(CCN)CCc1ccccc1.Cl. The van der Waals surface area contributed by atoms with E-state index in [1.165, 1.54) is 5.56 Å². The predicted molar refractivity (Wildman–Crippen MR) is 84.1 cm³/mol. The van der Waals surface area contributed by atoms with E-state index < -0.39 is 0 Å². The molecule has 0 aliphatic carbocycles. The van der Waals surface area contributed by atoms with E-state index in [0.717, 1.165) is 6.42 Å². The first kappa shape index (κ1) is 18.9. The molecule has 1 aromatic rings. The van der Waals surface area contributed by atoms with Crippen molar-refractivity contribution in [3.8, 4) is 0 Å². The topological polar surface area (TPSA) is 55.6 Å². The highest BCUT2D eigenvalue weighted by atomic mass is 35.5. The van der Waals surface area contributed by atoms with Crippen LogP contribution in [-0.4, -0.2) is 43.7 Å². The van der Waals surface area contributed by atoms with Gasteiger partial charge in [0.05, 0.1) is 0 Å². The van der Waals surface area contributed by atoms with Crippen LogP contribution in [0.2, 0.25) is 0 Å². The van der Waals surface area contributed by atoms with Gasteiger partial charge < -0.3 is 15.4 Å². The normalized spacial score (nSPS) is 11.6. The molecule has 1 atom stereocenters. The number of amides is 1. The average molecular weight is 301 g/mol. The molecule has 0 bridgehead atoms. The van der Waals surface area contributed by atoms with E-state index in [4.69, 9.17) is 10.5 Å². The van der Waals surface area contributed by atoms with Gasteiger partial charge in [-0.2, -0.15) is 0 Å². The van der Waals surface area contributed by atoms with Gasteiger partial charge in [0.1, 0.15) is 6.10 Å². The fourth-order valence-electron chi connectivity index (χ4n) is 2.04. The van der Waals surface area contributed by atoms with Gasteiger partial charge in [0.15, 0.2) is 0 Å². The van der Waals surface area contributed by atoms with E-state index in [2.05, 4.69) is 12.1 Å². The largest absolute Gasteiger partial charge is 0.372 e. The Morgan fingerprint density at radius 1 is 1.30 bits per heavy atom. The fourth-order valence-corrected chi connectivity index (χ4v) is 2.04. The van der Waals surface area contributed by atoms with Crippen molar-refractivity contribution in [1.82, 2.24) is 4.90 Å². The van der Waals surface area contributed by atoms with Crippen molar-refractivity contribution in [3.05, 3.63) is 35.9 Å². The Bertz CT molecular complexity index is 369. The summed E-state index contributed by atoms with van der Waals surface area (Å²) in [7, 11) is 1.57. The van der Waals surface area contributed by atoms with Crippen LogP contribution in [0.15, 0.2) is 30.3 Å². The first-order valence-electron chi connectivity index (χ1n) is 6.78. The molecule has 0 heterocycles. The van der Waals surface area contributed by atoms with Crippen molar-refractivity contribution in [2.45, 2.75) is 25.9 Å². The second-order valence-electron chi connectivity index (χ2n) is 4.48. The molecule has 0 saturated carbocycles. The predicted octanol–water partition coefficient (Wildman–Crippen LogP) is 1.86. The molecule has 20 heavy (non-hydrogen) atoms. The van der Waals surface area contributed by atoms with Crippen LogP contribution in [0.5, 0.6) is 0 Å². The summed E-state index contributed by atoms with van der Waals surface area (Å²) in [6, 6.07) is 10.1. The van der Waals surface area contributed by atoms with Crippen molar-refractivity contribution in [2.75, 3.05) is 26.7 Å². The minimum absolute atomic E-state index is 0. The molecule has 1 rings (SSSR count). The van der Waals surface area contributed by atoms with E-state index in [0.29, 0.717) is 26.1 Å². The maximum atomic E-state index is 12.3. The minimum Gasteiger partial charge on any atom is -0.372 e. The quantitative estimate of drug-likeness (QED) is 0.797. The maximum Gasteiger partial charge on any atom is 0.251 e. The van der Waals surface area contributed by atoms with Gasteiger partial charge in [-0.3, -0.25) is 4.79 Å². The van der Waals surface area contributed by atoms with Gasteiger partial charge in [-0.1, -0.05) is 37.3 Å². The average Bonchev–Trinajstić information content (AvgIpc) is 2.45. The summed E-state index contributed by atoms with van der Waals surface area (Å²) in [5.74, 6) is 0.0337. The minimum atomic E-state index is -0.359. The second kappa shape index (κ2) is 10.7. The molecule has 1 unspecified atom stereocenters. The van der Waals surface area contributed by atoms with Crippen molar-refractivity contribution in [2.24, 2.45) is 5.73 Å². The molecule has 0 radical (unpaired) electrons. The molecule has 5 heteroatoms. The molecule has 0 aliphatic rings. The molecule has 2 N–H and O–H groups in total. The van der Waals surface area contributed by atoms with Crippen LogP contribution in [0.3, 0.4) is 0 Å². The van der Waals surface area contributed by atoms with Crippen molar-refractivity contribution in [3.63, 3.8) is 0 Å². The second-order valence-corrected chi connectivity index (χ2v) is 4.48. The number of carbonyl (C=O) groups is 1. The third-order valence-corrected chi connectivity index (χ3v) is 3.15. The van der Waals surface area contributed by atoms with Gasteiger partial charge >= 0.3 is 0 Å². The number of ether oxygens (including phenoxy) is 1. The number of benzene rings is 1. The van der Waals surface area contributed by atoms with Crippen LogP contribution in [0.1, 0.15) is 18.9 Å². The summed E-state index contributed by atoms with van der Waals surface area (Å²) in [6.45, 7) is 3.68. The highest BCUT2D eigenvalue weighted by Crippen LogP contribution is 2.06. The maximum absolute atomic E-state index is 12.3. The number of nitrogens with zero attached hydrogens (tertiary/aromatic N) is 1. The number of nitrogens with two attached hydrogens (primary N) is 1. The van der Waals surface area contributed by atoms with Crippen LogP contribution in [-0.2, 0) is 16.0 Å². The van der Waals surface area contributed by atoms with E-state index in [-0.39, 0.29) is 24.4 Å². The van der Waals surface area contributed by atoms with Gasteiger partial charge in [-0.05, 0) is 18.4 Å². The molecule has 114 valence electrons. The Labute approximate surface area is 127 Å². The van der Waals surface area contributed by atoms with Gasteiger partial charge in [0.25, 0.3) is 5.91 Å². The summed E-state index contributed by atoms with van der Waals surface area (Å²) < 4.78 is 5.21. The van der Waals surface area contributed by atoms with E-state index in [1.807, 2.05) is 25.1 Å². The Morgan fingerprint density at radius 3 is 2.45 bits per heavy atom. The third kappa shape index (κ3) is 5.90. The van der Waals surface area contributed by atoms with Crippen molar-refractivity contribution >= 4 is 18.3 Å². The van der Waals surface area contributed by atoms with Gasteiger partial charge in [0.2, 0.25) is 0 Å². The first-order chi connectivity index (χ1) is 9.22. The summed E-state index contributed by atoms with van der Waals surface area (Å²) in [6.07, 6.45) is 1.16. The van der Waals surface area contributed by atoms with Crippen LogP contribution in [0, 0.1) is 0 Å². The number of hydrogen-bond donors (Lipinski definition) is 1. The Morgan fingerprint density at radius 2 is 1.95 bits per heavy atom. The molecule has 0 fully saturated rings. The van der Waals surface area contributed by atoms with Crippen LogP contribution >= 0.6 is 12.4 Å². The lowest BCUT2D eigenvalue weighted by atomic mass is 10.1. The summed E-state index contributed by atoms with van der Waals surface area (Å²) >= 11 is 0. The molecular formula is C15H25ClN2O2. The zero-order valence-corrected chi connectivity index (χ0v) is 13.1. The summed E-state index contributed by atoms with van der Waals surface area (Å²) in [4.78, 5) is 14.1. The number of methoxy groups -OCH3 is 1. The Hall–Kier alpha value is -1.10. The molecule has 0 aliphatic heterocycles. The lowest BCUT2D eigenvalue weighted by Gasteiger charge is -2.26. The van der Waals surface area contributed by atoms with Gasteiger partial charge in [0, 0.05) is 26.7 Å². The monoisotopic (exact) mass is 300 g/mol. The third-order valence-electron chi connectivity index (χ3n) is 3.15. The summed E-state index contributed by atoms with van der Waals surface area (Å²) in [5, 5.41) is 0. The van der Waals surface area contributed by atoms with Crippen molar-refractivity contribution in [1.29, 1.82) is 0 Å². The first-order valence-corrected chi connectivity index (χ1v) is 6.78. The summed E-state index contributed by atoms with van der Waals surface area (Å²) in [5.41, 5.74) is 6.81. The molecule has 1 aromatic carbocycles. The standard InChI is InChI=1S/C15H24N2O2.ClH/c1-3-14(19-2)15(18)17(12-10-16)11-9-13-7-5-4-6-8-13;/h4-8,14H,3,9-12,16H2,1-2H3;1H. The Kier molecular flexibility index (Phi) is 10.1. The van der Waals surface area contributed by atoms with E-state index in [1.54, 1.807) is 12.0 Å². The van der Waals surface area contributed by atoms with E-state index >= 15 is 0 Å². The number of rotatable bonds is 8. The lowest BCUT2D eigenvalue weighted by Crippen LogP contribution is -2.43. The lowest BCUT2D eigenvalue weighted by molar-refractivity contribution is -0.142. The van der Waals surface area contributed by atoms with Crippen LogP contribution < -0.4 is 5.73 Å². The highest BCUT2D eigenvalue weighted by Gasteiger charge is 2.21. The number of hydrogen-bond acceptors (Lipinski definition) is 3. The van der Waals surface area contributed by atoms with Crippen LogP contribution in [0.25, 0.3) is 0 Å². The molecule has 0 saturated heterocycles. The molecular weight excluding hydrogens is 276 g/mol. The highest BCUT2D eigenvalue weighted by molar-refractivity contribution is 5.85. The Balaban J connectivity index is 0.00000361. The number of halogens is 1. The molecule has 0 aromatic heterocycles. The smallest absolute Gasteiger partial charge is 0.251 e. The van der Waals surface area contributed by atoms with Crippen molar-refractivity contribution < 1.29 is 9.53 Å². The molecule has 0 spiro atoms. The number of carbonyl (C=O) groups excluding carboxylic acids is 1. The van der Waals surface area contributed by atoms with E-state index in [9.17, 15) is 4.79 Å². The zero-order chi connectivity index (χ0) is 14.1. The van der Waals surface area contributed by atoms with Gasteiger partial charge in [-0.25, -0.2) is 0 Å². The zero-order valence-electron chi connectivity index (χ0n) is 12.2. The van der Waals surface area contributed by atoms with Crippen LogP contribution in [0.4, 0.5) is 0 Å². The molecule has 1 amide bonds. The van der Waals surface area contributed by atoms with Gasteiger partial charge in [-0.15, -0.1) is 12.4 Å².